The third-order valence-electron chi connectivity index (χ3n) is 3.24. The predicted molar refractivity (Wildman–Crippen MR) is 80.7 cm³/mol. The predicted octanol–water partition coefficient (Wildman–Crippen LogP) is 2.64. The number of nitrogens with zero attached hydrogens (tertiary/aromatic N) is 1. The Bertz CT molecular complexity index is 673. The van der Waals surface area contributed by atoms with Gasteiger partial charge in [0.15, 0.2) is 0 Å². The number of rotatable bonds is 4. The highest BCUT2D eigenvalue weighted by atomic mass is 32.1. The minimum Gasteiger partial charge on any atom is -0.442 e. The minimum absolute atomic E-state index is 0.212. The van der Waals surface area contributed by atoms with E-state index >= 15 is 0 Å². The molecule has 2 heterocycles. The van der Waals surface area contributed by atoms with Gasteiger partial charge in [0.2, 0.25) is 0 Å². The Hall–Kier alpha value is -2.41. The van der Waals surface area contributed by atoms with Crippen LogP contribution in [0, 0.1) is 5.82 Å². The van der Waals surface area contributed by atoms with Gasteiger partial charge in [0.05, 0.1) is 13.1 Å². The summed E-state index contributed by atoms with van der Waals surface area (Å²) in [6.45, 7) is 0.604. The second kappa shape index (κ2) is 6.15. The summed E-state index contributed by atoms with van der Waals surface area (Å²) in [6, 6.07) is 8.96. The van der Waals surface area contributed by atoms with Crippen molar-refractivity contribution in [1.29, 1.82) is 0 Å². The third kappa shape index (κ3) is 3.09. The number of hydrogen-bond donors (Lipinski definition) is 1. The summed E-state index contributed by atoms with van der Waals surface area (Å²) in [6.07, 6.45) is -0.817. The van der Waals surface area contributed by atoms with Crippen molar-refractivity contribution >= 4 is 28.3 Å². The molecule has 1 aromatic heterocycles. The van der Waals surface area contributed by atoms with Gasteiger partial charge in [-0.2, -0.15) is 0 Å². The average Bonchev–Trinajstić information content (AvgIpc) is 3.14. The summed E-state index contributed by atoms with van der Waals surface area (Å²) >= 11 is 1.45. The summed E-state index contributed by atoms with van der Waals surface area (Å²) in [7, 11) is 0. The van der Waals surface area contributed by atoms with Crippen molar-refractivity contribution in [2.75, 3.05) is 18.0 Å². The van der Waals surface area contributed by atoms with Crippen molar-refractivity contribution in [3.63, 3.8) is 0 Å². The molecule has 22 heavy (non-hydrogen) atoms. The van der Waals surface area contributed by atoms with Crippen LogP contribution in [-0.4, -0.2) is 31.2 Å². The topological polar surface area (TPSA) is 58.6 Å². The third-order valence-corrected chi connectivity index (χ3v) is 4.13. The van der Waals surface area contributed by atoms with Crippen LogP contribution in [0.2, 0.25) is 0 Å². The standard InChI is InChI=1S/C15H13FN2O3S/c16-11-5-3-10(4-6-11)14(19)17-8-12-9-18(15(20)21-12)13-2-1-7-22-13/h1-7,12H,8-9H2,(H,17,19). The first-order valence-electron chi connectivity index (χ1n) is 6.69. The van der Waals surface area contributed by atoms with Gasteiger partial charge in [-0.05, 0) is 41.8 Å². The van der Waals surface area contributed by atoms with E-state index < -0.39 is 18.0 Å². The van der Waals surface area contributed by atoms with Gasteiger partial charge in [0.25, 0.3) is 5.91 Å². The van der Waals surface area contributed by atoms with Crippen molar-refractivity contribution in [2.24, 2.45) is 0 Å². The first kappa shape index (κ1) is 14.5. The van der Waals surface area contributed by atoms with Gasteiger partial charge >= 0.3 is 6.09 Å². The zero-order chi connectivity index (χ0) is 15.5. The molecular weight excluding hydrogens is 307 g/mol. The van der Waals surface area contributed by atoms with Crippen LogP contribution in [0.1, 0.15) is 10.4 Å². The van der Waals surface area contributed by atoms with Crippen LogP contribution in [0.5, 0.6) is 0 Å². The molecule has 1 fully saturated rings. The highest BCUT2D eigenvalue weighted by Crippen LogP contribution is 2.26. The Labute approximate surface area is 130 Å². The van der Waals surface area contributed by atoms with Crippen molar-refractivity contribution < 1.29 is 18.7 Å². The zero-order valence-corrected chi connectivity index (χ0v) is 12.3. The minimum atomic E-state index is -0.413. The van der Waals surface area contributed by atoms with E-state index in [1.807, 2.05) is 17.5 Å². The molecule has 0 bridgehead atoms. The van der Waals surface area contributed by atoms with Crippen LogP contribution < -0.4 is 10.2 Å². The van der Waals surface area contributed by atoms with E-state index in [1.165, 1.54) is 35.6 Å². The normalized spacial score (nSPS) is 17.4. The number of hydrogen-bond acceptors (Lipinski definition) is 4. The lowest BCUT2D eigenvalue weighted by Crippen LogP contribution is -2.34. The van der Waals surface area contributed by atoms with Crippen LogP contribution in [0.15, 0.2) is 41.8 Å². The Balaban J connectivity index is 1.55. The second-order valence-corrected chi connectivity index (χ2v) is 5.71. The van der Waals surface area contributed by atoms with E-state index in [1.54, 1.807) is 4.90 Å². The summed E-state index contributed by atoms with van der Waals surface area (Å²) in [5.41, 5.74) is 0.362. The van der Waals surface area contributed by atoms with Gasteiger partial charge in [-0.25, -0.2) is 9.18 Å². The van der Waals surface area contributed by atoms with E-state index in [0.29, 0.717) is 12.1 Å². The molecule has 3 rings (SSSR count). The quantitative estimate of drug-likeness (QED) is 0.942. The van der Waals surface area contributed by atoms with Gasteiger partial charge in [0, 0.05) is 5.56 Å². The fourth-order valence-corrected chi connectivity index (χ4v) is 2.87. The summed E-state index contributed by atoms with van der Waals surface area (Å²) in [5, 5.41) is 5.38. The summed E-state index contributed by atoms with van der Waals surface area (Å²) < 4.78 is 18.0. The van der Waals surface area contributed by atoms with Crippen LogP contribution >= 0.6 is 11.3 Å². The SMILES string of the molecule is O=C(NCC1CN(c2cccs2)C(=O)O1)c1ccc(F)cc1. The number of cyclic esters (lactones) is 1. The number of thiophene rings is 1. The number of carbonyl (C=O) groups is 2. The lowest BCUT2D eigenvalue weighted by Gasteiger charge is -2.10. The van der Waals surface area contributed by atoms with Crippen molar-refractivity contribution in [3.05, 3.63) is 53.2 Å². The molecule has 1 unspecified atom stereocenters. The lowest BCUT2D eigenvalue weighted by atomic mass is 10.2. The smallest absolute Gasteiger partial charge is 0.415 e. The van der Waals surface area contributed by atoms with E-state index in [9.17, 15) is 14.0 Å². The molecule has 0 spiro atoms. The maximum atomic E-state index is 12.8. The molecule has 0 aliphatic carbocycles. The lowest BCUT2D eigenvalue weighted by molar-refractivity contribution is 0.0916. The number of halogens is 1. The first-order valence-corrected chi connectivity index (χ1v) is 7.57. The van der Waals surface area contributed by atoms with Gasteiger partial charge in [-0.3, -0.25) is 9.69 Å². The molecule has 5 nitrogen and oxygen atoms in total. The molecule has 1 aliphatic heterocycles. The average molecular weight is 320 g/mol. The molecule has 0 radical (unpaired) electrons. The van der Waals surface area contributed by atoms with Gasteiger partial charge in [-0.1, -0.05) is 0 Å². The molecular formula is C15H13FN2O3S. The number of ether oxygens (including phenoxy) is 1. The highest BCUT2D eigenvalue weighted by molar-refractivity contribution is 7.14. The van der Waals surface area contributed by atoms with E-state index in [2.05, 4.69) is 5.32 Å². The summed E-state index contributed by atoms with van der Waals surface area (Å²) in [4.78, 5) is 25.3. The molecule has 1 saturated heterocycles. The van der Waals surface area contributed by atoms with Gasteiger partial charge < -0.3 is 10.1 Å². The van der Waals surface area contributed by atoms with Crippen LogP contribution in [0.4, 0.5) is 14.2 Å². The molecule has 1 aromatic carbocycles. The van der Waals surface area contributed by atoms with Crippen molar-refractivity contribution in [1.82, 2.24) is 5.32 Å². The maximum Gasteiger partial charge on any atom is 0.415 e. The molecule has 2 aromatic rings. The maximum absolute atomic E-state index is 12.8. The molecule has 1 atom stereocenters. The van der Waals surface area contributed by atoms with Crippen LogP contribution in [0.25, 0.3) is 0 Å². The van der Waals surface area contributed by atoms with Gasteiger partial charge in [-0.15, -0.1) is 11.3 Å². The Morgan fingerprint density at radius 1 is 1.36 bits per heavy atom. The van der Waals surface area contributed by atoms with Gasteiger partial charge in [0.1, 0.15) is 16.9 Å². The molecule has 1 aliphatic rings. The fourth-order valence-electron chi connectivity index (χ4n) is 2.14. The number of benzene rings is 1. The van der Waals surface area contributed by atoms with Crippen LogP contribution in [0.3, 0.4) is 0 Å². The molecule has 7 heteroatoms. The monoisotopic (exact) mass is 320 g/mol. The molecule has 2 amide bonds. The summed E-state index contributed by atoms with van der Waals surface area (Å²) in [5.74, 6) is -0.724. The Morgan fingerprint density at radius 2 is 2.14 bits per heavy atom. The number of carbonyl (C=O) groups excluding carboxylic acids is 2. The van der Waals surface area contributed by atoms with E-state index in [4.69, 9.17) is 4.74 Å². The Kier molecular flexibility index (Phi) is 4.06. The van der Waals surface area contributed by atoms with E-state index in [0.717, 1.165) is 5.00 Å². The highest BCUT2D eigenvalue weighted by Gasteiger charge is 2.32. The first-order chi connectivity index (χ1) is 10.6. The molecule has 0 saturated carbocycles. The van der Waals surface area contributed by atoms with Crippen molar-refractivity contribution in [3.8, 4) is 0 Å². The molecule has 114 valence electrons. The Morgan fingerprint density at radius 3 is 2.82 bits per heavy atom. The molecule has 1 N–H and O–H groups in total. The number of nitrogens with one attached hydrogen (secondary N) is 1. The van der Waals surface area contributed by atoms with Crippen molar-refractivity contribution in [2.45, 2.75) is 6.10 Å². The largest absolute Gasteiger partial charge is 0.442 e. The number of anilines is 1. The van der Waals surface area contributed by atoms with E-state index in [-0.39, 0.29) is 12.5 Å². The number of amides is 2. The fraction of sp³-hybridized carbons (Fsp3) is 0.200. The zero-order valence-electron chi connectivity index (χ0n) is 11.5. The van der Waals surface area contributed by atoms with Crippen LogP contribution in [-0.2, 0) is 4.74 Å². The second-order valence-electron chi connectivity index (χ2n) is 4.78.